The number of aliphatic imine (C=N–C) groups is 1. The minimum Gasteiger partial charge on any atom is -0.297 e. The van der Waals surface area contributed by atoms with Gasteiger partial charge in [-0.05, 0) is 25.0 Å². The van der Waals surface area contributed by atoms with Gasteiger partial charge in [-0.15, -0.1) is 0 Å². The normalized spacial score (nSPS) is 17.2. The molecule has 0 aliphatic carbocycles. The van der Waals surface area contributed by atoms with Crippen molar-refractivity contribution in [1.82, 2.24) is 0 Å². The summed E-state index contributed by atoms with van der Waals surface area (Å²) in [6.07, 6.45) is 6.91. The molecule has 0 aliphatic rings. The van der Waals surface area contributed by atoms with Crippen molar-refractivity contribution in [2.24, 2.45) is 16.8 Å². The first-order valence-electron chi connectivity index (χ1n) is 4.53. The molecule has 1 nitrogen and oxygen atoms in total. The maximum absolute atomic E-state index is 5.48. The summed E-state index contributed by atoms with van der Waals surface area (Å²) in [5.41, 5.74) is 0. The molecule has 2 atom stereocenters. The highest BCUT2D eigenvalue weighted by molar-refractivity contribution is 6.08. The van der Waals surface area contributed by atoms with E-state index in [1.807, 2.05) is 13.1 Å². The van der Waals surface area contributed by atoms with Crippen LogP contribution >= 0.6 is 0 Å². The van der Waals surface area contributed by atoms with Gasteiger partial charge in [0.15, 0.2) is 0 Å². The molecule has 2 unspecified atom stereocenters. The van der Waals surface area contributed by atoms with Crippen LogP contribution in [-0.2, 0) is 0 Å². The van der Waals surface area contributed by atoms with Crippen molar-refractivity contribution in [3.05, 3.63) is 12.2 Å². The third-order valence-corrected chi connectivity index (χ3v) is 1.72. The SMILES string of the molecule is [B]CC(C)/C=C\C(C)CN=CC. The molecule has 0 heterocycles. The summed E-state index contributed by atoms with van der Waals surface area (Å²) in [6.45, 7) is 7.10. The second-order valence-corrected chi connectivity index (χ2v) is 3.20. The molecule has 0 aromatic rings. The molecule has 0 saturated heterocycles. The van der Waals surface area contributed by atoms with Gasteiger partial charge in [0, 0.05) is 6.54 Å². The minimum absolute atomic E-state index is 0.484. The molecule has 0 aliphatic heterocycles. The smallest absolute Gasteiger partial charge is 0.0660 e. The molecule has 0 bridgehead atoms. The van der Waals surface area contributed by atoms with Crippen LogP contribution in [-0.4, -0.2) is 20.6 Å². The minimum atomic E-state index is 0.484. The average Bonchev–Trinajstić information content (AvgIpc) is 2.10. The number of hydrogen-bond acceptors (Lipinski definition) is 1. The first kappa shape index (κ1) is 11.5. The van der Waals surface area contributed by atoms with E-state index < -0.39 is 0 Å². The van der Waals surface area contributed by atoms with Gasteiger partial charge in [0.2, 0.25) is 0 Å². The van der Waals surface area contributed by atoms with Crippen LogP contribution in [0.5, 0.6) is 0 Å². The first-order valence-corrected chi connectivity index (χ1v) is 4.53. The molecule has 0 fully saturated rings. The predicted molar refractivity (Wildman–Crippen MR) is 57.1 cm³/mol. The van der Waals surface area contributed by atoms with Gasteiger partial charge < -0.3 is 0 Å². The molecular weight excluding hydrogens is 145 g/mol. The van der Waals surface area contributed by atoms with E-state index in [0.29, 0.717) is 11.8 Å². The average molecular weight is 163 g/mol. The first-order chi connectivity index (χ1) is 5.70. The molecule has 12 heavy (non-hydrogen) atoms. The molecule has 0 saturated carbocycles. The monoisotopic (exact) mass is 163 g/mol. The fraction of sp³-hybridized carbons (Fsp3) is 0.700. The van der Waals surface area contributed by atoms with Crippen LogP contribution in [0, 0.1) is 11.8 Å². The van der Waals surface area contributed by atoms with Crippen molar-refractivity contribution in [3.63, 3.8) is 0 Å². The van der Waals surface area contributed by atoms with Gasteiger partial charge in [-0.2, -0.15) is 0 Å². The van der Waals surface area contributed by atoms with E-state index in [-0.39, 0.29) is 0 Å². The Hall–Kier alpha value is -0.525. The fourth-order valence-corrected chi connectivity index (χ4v) is 0.790. The predicted octanol–water partition coefficient (Wildman–Crippen LogP) is 2.49. The lowest BCUT2D eigenvalue weighted by Gasteiger charge is -2.03. The van der Waals surface area contributed by atoms with Crippen molar-refractivity contribution in [1.29, 1.82) is 0 Å². The van der Waals surface area contributed by atoms with Crippen LogP contribution in [0.4, 0.5) is 0 Å². The van der Waals surface area contributed by atoms with Crippen LogP contribution in [0.15, 0.2) is 17.1 Å². The molecule has 2 radical (unpaired) electrons. The number of hydrogen-bond donors (Lipinski definition) is 0. The van der Waals surface area contributed by atoms with E-state index in [4.69, 9.17) is 7.85 Å². The van der Waals surface area contributed by atoms with Gasteiger partial charge in [-0.1, -0.05) is 32.3 Å². The lowest BCUT2D eigenvalue weighted by Crippen LogP contribution is -1.96. The molecule has 0 aromatic carbocycles. The van der Waals surface area contributed by atoms with Crippen LogP contribution in [0.25, 0.3) is 0 Å². The molecule has 0 rings (SSSR count). The summed E-state index contributed by atoms with van der Waals surface area (Å²) in [6, 6.07) is 0. The maximum Gasteiger partial charge on any atom is 0.0660 e. The maximum atomic E-state index is 5.48. The largest absolute Gasteiger partial charge is 0.297 e. The van der Waals surface area contributed by atoms with Gasteiger partial charge in [0.1, 0.15) is 0 Å². The second kappa shape index (κ2) is 7.14. The summed E-state index contributed by atoms with van der Waals surface area (Å²) in [5, 5.41) is 0. The highest BCUT2D eigenvalue weighted by Gasteiger charge is 1.95. The van der Waals surface area contributed by atoms with E-state index in [1.165, 1.54) is 0 Å². The van der Waals surface area contributed by atoms with Crippen LogP contribution < -0.4 is 0 Å². The third kappa shape index (κ3) is 6.20. The van der Waals surface area contributed by atoms with Crippen molar-refractivity contribution < 1.29 is 0 Å². The Morgan fingerprint density at radius 3 is 2.33 bits per heavy atom. The molecule has 66 valence electrons. The van der Waals surface area contributed by atoms with Gasteiger partial charge in [0.25, 0.3) is 0 Å². The van der Waals surface area contributed by atoms with Crippen LogP contribution in [0.2, 0.25) is 6.32 Å². The zero-order valence-corrected chi connectivity index (χ0v) is 8.33. The Bertz CT molecular complexity index is 152. The number of allylic oxidation sites excluding steroid dienone is 1. The van der Waals surface area contributed by atoms with Gasteiger partial charge in [-0.25, -0.2) is 0 Å². The Morgan fingerprint density at radius 2 is 1.83 bits per heavy atom. The Balaban J connectivity index is 3.66. The Morgan fingerprint density at radius 1 is 1.25 bits per heavy atom. The van der Waals surface area contributed by atoms with E-state index >= 15 is 0 Å². The summed E-state index contributed by atoms with van der Waals surface area (Å²) in [5.74, 6) is 1.01. The van der Waals surface area contributed by atoms with Crippen LogP contribution in [0.1, 0.15) is 20.8 Å². The topological polar surface area (TPSA) is 12.4 Å². The number of rotatable bonds is 5. The van der Waals surface area contributed by atoms with E-state index in [1.54, 1.807) is 0 Å². The standard InChI is InChI=1S/C10H18BN/c1-4-12-8-10(3)6-5-9(2)7-11/h4-6,9-10H,7-8H2,1-3H3/b6-5-,12-4?. The molecule has 2 heteroatoms. The van der Waals surface area contributed by atoms with Gasteiger partial charge in [0.05, 0.1) is 7.85 Å². The Kier molecular flexibility index (Phi) is 6.83. The van der Waals surface area contributed by atoms with Crippen LogP contribution in [0.3, 0.4) is 0 Å². The molecule has 0 amide bonds. The zero-order valence-electron chi connectivity index (χ0n) is 8.33. The summed E-state index contributed by atoms with van der Waals surface area (Å²) < 4.78 is 0. The lowest BCUT2D eigenvalue weighted by atomic mass is 9.92. The summed E-state index contributed by atoms with van der Waals surface area (Å²) in [4.78, 5) is 4.17. The molecule has 0 spiro atoms. The highest BCUT2D eigenvalue weighted by Crippen LogP contribution is 2.05. The van der Waals surface area contributed by atoms with Crippen molar-refractivity contribution in [2.75, 3.05) is 6.54 Å². The van der Waals surface area contributed by atoms with Crippen molar-refractivity contribution in [2.45, 2.75) is 27.1 Å². The van der Waals surface area contributed by atoms with Gasteiger partial charge >= 0.3 is 0 Å². The molecule has 0 aromatic heterocycles. The Labute approximate surface area is 77.4 Å². The molecular formula is C10H18BN. The quantitative estimate of drug-likeness (QED) is 0.335. The third-order valence-electron chi connectivity index (χ3n) is 1.72. The summed E-state index contributed by atoms with van der Waals surface area (Å²) in [7, 11) is 5.48. The second-order valence-electron chi connectivity index (χ2n) is 3.20. The number of nitrogens with zero attached hydrogens (tertiary/aromatic N) is 1. The molecule has 0 N–H and O–H groups in total. The van der Waals surface area contributed by atoms with Gasteiger partial charge in [-0.3, -0.25) is 4.99 Å². The zero-order chi connectivity index (χ0) is 9.40. The van der Waals surface area contributed by atoms with E-state index in [0.717, 1.165) is 12.9 Å². The van der Waals surface area contributed by atoms with E-state index in [2.05, 4.69) is 31.0 Å². The highest BCUT2D eigenvalue weighted by atomic mass is 14.7. The van der Waals surface area contributed by atoms with Crippen molar-refractivity contribution >= 4 is 14.1 Å². The van der Waals surface area contributed by atoms with Crippen molar-refractivity contribution in [3.8, 4) is 0 Å². The van der Waals surface area contributed by atoms with E-state index in [9.17, 15) is 0 Å². The summed E-state index contributed by atoms with van der Waals surface area (Å²) >= 11 is 0. The lowest BCUT2D eigenvalue weighted by molar-refractivity contribution is 0.724. The fourth-order valence-electron chi connectivity index (χ4n) is 0.790.